The minimum Gasteiger partial charge on any atom is -0.432 e. The van der Waals surface area contributed by atoms with E-state index in [2.05, 4.69) is 26.8 Å². The average molecular weight is 665 g/mol. The number of hydrogen-bond acceptors (Lipinski definition) is 11. The van der Waals surface area contributed by atoms with Crippen LogP contribution in [0.2, 0.25) is 0 Å². The number of hydrogen-bond donors (Lipinski definition) is 7. The van der Waals surface area contributed by atoms with E-state index in [0.717, 1.165) is 18.3 Å². The number of fused-ring (bicyclic) bond motifs is 7. The van der Waals surface area contributed by atoms with Crippen molar-refractivity contribution in [2.75, 3.05) is 6.61 Å². The standard InChI is InChI=1S/C36H56O11/c1-18-9-12-36(30(44)47-29-26(42)25(41)24(40)21(16-37)46-29)14-13-33(4)19(27(36)35(18,6)45)7-8-23-31(2)15-20(39)28(43)32(3,17-38)22(31)10-11-34(23,33)5/h7,17-18,20-29,37,39-43,45H,8-16H2,1-6H3/t18-,20-,21-,22-,23-,24-,25+,26-,27-,28-,29+,31+,32-,33-,34-,35-,36+/m1/s1. The first kappa shape index (κ1) is 35.4. The van der Waals surface area contributed by atoms with Crippen LogP contribution in [0, 0.1) is 50.7 Å². The molecule has 11 nitrogen and oxygen atoms in total. The van der Waals surface area contributed by atoms with Gasteiger partial charge in [0.25, 0.3) is 0 Å². The molecule has 17 atom stereocenters. The van der Waals surface area contributed by atoms with Gasteiger partial charge in [-0.3, -0.25) is 4.79 Å². The van der Waals surface area contributed by atoms with Crippen molar-refractivity contribution in [3.05, 3.63) is 11.6 Å². The van der Waals surface area contributed by atoms with Crippen molar-refractivity contribution in [1.29, 1.82) is 0 Å². The maximum Gasteiger partial charge on any atom is 0.315 e. The molecule has 1 saturated heterocycles. The molecule has 0 unspecified atom stereocenters. The molecule has 4 saturated carbocycles. The third-order valence-corrected chi connectivity index (χ3v) is 15.5. The van der Waals surface area contributed by atoms with Gasteiger partial charge in [-0.1, -0.05) is 46.3 Å². The van der Waals surface area contributed by atoms with E-state index < -0.39 is 88.7 Å². The number of ether oxygens (including phenoxy) is 2. The summed E-state index contributed by atoms with van der Waals surface area (Å²) in [7, 11) is 0. The SMILES string of the molecule is C[C@@H]1CC[C@]2(C(=O)O[C@@H]3O[C@H](CO)[C@@H](O)[C@H](O)[C@H]3O)CC[C@]3(C)C(=CC[C@@H]4[C@@]5(C)C[C@@H](O)[C@@H](O)[C@](C)(C=O)[C@@H]5CC[C@]43C)[C@@H]2[C@]1(C)O. The highest BCUT2D eigenvalue weighted by molar-refractivity contribution is 5.79. The summed E-state index contributed by atoms with van der Waals surface area (Å²) >= 11 is 0. The van der Waals surface area contributed by atoms with Crippen LogP contribution in [0.3, 0.4) is 0 Å². The summed E-state index contributed by atoms with van der Waals surface area (Å²) in [6.45, 7) is 11.6. The second kappa shape index (κ2) is 11.3. The maximum atomic E-state index is 14.5. The molecule has 0 aromatic heterocycles. The normalized spacial score (nSPS) is 57.4. The first-order valence-corrected chi connectivity index (χ1v) is 17.6. The van der Waals surface area contributed by atoms with Gasteiger partial charge in [0.05, 0.1) is 35.2 Å². The smallest absolute Gasteiger partial charge is 0.315 e. The highest BCUT2D eigenvalue weighted by atomic mass is 16.7. The van der Waals surface area contributed by atoms with Gasteiger partial charge in [0.15, 0.2) is 0 Å². The second-order valence-electron chi connectivity index (χ2n) is 17.4. The van der Waals surface area contributed by atoms with Crippen molar-refractivity contribution < 1.29 is 54.8 Å². The van der Waals surface area contributed by atoms with E-state index in [0.29, 0.717) is 44.9 Å². The van der Waals surface area contributed by atoms with Gasteiger partial charge in [-0.2, -0.15) is 0 Å². The van der Waals surface area contributed by atoms with Gasteiger partial charge in [-0.25, -0.2) is 0 Å². The zero-order valence-electron chi connectivity index (χ0n) is 28.6. The average Bonchev–Trinajstić information content (AvgIpc) is 3.02. The predicted molar refractivity (Wildman–Crippen MR) is 168 cm³/mol. The lowest BCUT2D eigenvalue weighted by Gasteiger charge is -2.71. The molecule has 1 aliphatic heterocycles. The van der Waals surface area contributed by atoms with Crippen molar-refractivity contribution in [1.82, 2.24) is 0 Å². The zero-order valence-corrected chi connectivity index (χ0v) is 28.6. The lowest BCUT2D eigenvalue weighted by Crippen LogP contribution is -2.69. The Bertz CT molecular complexity index is 1300. The Morgan fingerprint density at radius 2 is 1.64 bits per heavy atom. The molecule has 0 aromatic carbocycles. The molecule has 11 heteroatoms. The molecule has 1 heterocycles. The Kier molecular flexibility index (Phi) is 8.50. The number of carbonyl (C=O) groups is 2. The van der Waals surface area contributed by atoms with Crippen LogP contribution in [0.15, 0.2) is 11.6 Å². The molecule has 5 fully saturated rings. The van der Waals surface area contributed by atoms with Crippen molar-refractivity contribution in [2.24, 2.45) is 50.7 Å². The van der Waals surface area contributed by atoms with Crippen LogP contribution in [-0.2, 0) is 19.1 Å². The van der Waals surface area contributed by atoms with Crippen LogP contribution >= 0.6 is 0 Å². The van der Waals surface area contributed by atoms with E-state index in [1.807, 2.05) is 6.92 Å². The Morgan fingerprint density at radius 1 is 0.957 bits per heavy atom. The Hall–Kier alpha value is -1.44. The van der Waals surface area contributed by atoms with Crippen LogP contribution in [0.1, 0.15) is 92.9 Å². The van der Waals surface area contributed by atoms with Gasteiger partial charge in [0.2, 0.25) is 6.29 Å². The maximum absolute atomic E-state index is 14.5. The van der Waals surface area contributed by atoms with Crippen LogP contribution < -0.4 is 0 Å². The van der Waals surface area contributed by atoms with E-state index in [4.69, 9.17) is 9.47 Å². The van der Waals surface area contributed by atoms with Crippen LogP contribution in [0.5, 0.6) is 0 Å². The molecule has 266 valence electrons. The Balaban J connectivity index is 1.40. The number of aliphatic hydroxyl groups is 7. The first-order valence-electron chi connectivity index (χ1n) is 17.6. The van der Waals surface area contributed by atoms with Crippen molar-refractivity contribution in [2.45, 2.75) is 141 Å². The summed E-state index contributed by atoms with van der Waals surface area (Å²) in [6.07, 6.45) is -2.41. The second-order valence-corrected chi connectivity index (χ2v) is 17.4. The van der Waals surface area contributed by atoms with Crippen LogP contribution in [0.4, 0.5) is 0 Å². The first-order chi connectivity index (χ1) is 21.8. The van der Waals surface area contributed by atoms with Crippen LogP contribution in [-0.4, -0.2) is 103 Å². The molecule has 0 amide bonds. The molecule has 6 rings (SSSR count). The fourth-order valence-electron chi connectivity index (χ4n) is 12.2. The number of aldehydes is 1. The molecule has 7 N–H and O–H groups in total. The molecule has 5 aliphatic carbocycles. The van der Waals surface area contributed by atoms with Crippen molar-refractivity contribution in [3.8, 4) is 0 Å². The number of carbonyl (C=O) groups excluding carboxylic acids is 2. The molecular weight excluding hydrogens is 608 g/mol. The Morgan fingerprint density at radius 3 is 2.28 bits per heavy atom. The molecule has 6 aliphatic rings. The van der Waals surface area contributed by atoms with Crippen molar-refractivity contribution in [3.63, 3.8) is 0 Å². The zero-order chi connectivity index (χ0) is 34.7. The van der Waals surface area contributed by atoms with E-state index in [1.165, 1.54) is 0 Å². The number of allylic oxidation sites excluding steroid dienone is 1. The fourth-order valence-corrected chi connectivity index (χ4v) is 12.2. The Labute approximate surface area is 277 Å². The third-order valence-electron chi connectivity index (χ3n) is 15.5. The lowest BCUT2D eigenvalue weighted by molar-refractivity contribution is -0.299. The molecular formula is C36H56O11. The number of rotatable bonds is 4. The summed E-state index contributed by atoms with van der Waals surface area (Å²) in [5.74, 6) is -1.43. The van der Waals surface area contributed by atoms with E-state index in [1.54, 1.807) is 13.8 Å². The minimum atomic E-state index is -1.73. The summed E-state index contributed by atoms with van der Waals surface area (Å²) in [6, 6.07) is 0. The highest BCUT2D eigenvalue weighted by Gasteiger charge is 2.72. The van der Waals surface area contributed by atoms with Crippen LogP contribution in [0.25, 0.3) is 0 Å². The van der Waals surface area contributed by atoms with Crippen molar-refractivity contribution >= 4 is 12.3 Å². The molecule has 0 aromatic rings. The molecule has 0 spiro atoms. The van der Waals surface area contributed by atoms with Gasteiger partial charge in [0.1, 0.15) is 30.7 Å². The monoisotopic (exact) mass is 664 g/mol. The van der Waals surface area contributed by atoms with Gasteiger partial charge in [-0.15, -0.1) is 0 Å². The molecule has 0 bridgehead atoms. The number of aliphatic hydroxyl groups excluding tert-OH is 6. The highest BCUT2D eigenvalue weighted by Crippen LogP contribution is 2.76. The fraction of sp³-hybridized carbons (Fsp3) is 0.889. The number of esters is 1. The molecule has 0 radical (unpaired) electrons. The van der Waals surface area contributed by atoms with E-state index >= 15 is 0 Å². The predicted octanol–water partition coefficient (Wildman–Crippen LogP) is 1.61. The summed E-state index contributed by atoms with van der Waals surface area (Å²) in [5.41, 5.74) is -3.68. The van der Waals surface area contributed by atoms with Gasteiger partial charge >= 0.3 is 5.97 Å². The minimum absolute atomic E-state index is 0.0726. The van der Waals surface area contributed by atoms with Gasteiger partial charge in [0, 0.05) is 5.92 Å². The van der Waals surface area contributed by atoms with E-state index in [-0.39, 0.29) is 23.2 Å². The van der Waals surface area contributed by atoms with Gasteiger partial charge in [-0.05, 0) is 92.3 Å². The summed E-state index contributed by atoms with van der Waals surface area (Å²) in [4.78, 5) is 27.0. The third kappa shape index (κ3) is 4.52. The lowest BCUT2D eigenvalue weighted by atomic mass is 9.33. The topological polar surface area (TPSA) is 194 Å². The summed E-state index contributed by atoms with van der Waals surface area (Å²) in [5, 5.41) is 75.5. The van der Waals surface area contributed by atoms with E-state index in [9.17, 15) is 45.3 Å². The quantitative estimate of drug-likeness (QED) is 0.131. The van der Waals surface area contributed by atoms with Gasteiger partial charge < -0.3 is 50.0 Å². The molecule has 47 heavy (non-hydrogen) atoms. The largest absolute Gasteiger partial charge is 0.432 e. The summed E-state index contributed by atoms with van der Waals surface area (Å²) < 4.78 is 11.4.